The van der Waals surface area contributed by atoms with Gasteiger partial charge in [0, 0.05) is 35.0 Å². The maximum Gasteiger partial charge on any atom is 0.0685 e. The van der Waals surface area contributed by atoms with E-state index in [9.17, 15) is 0 Å². The molecule has 0 spiro atoms. The number of halogens is 1. The van der Waals surface area contributed by atoms with Crippen molar-refractivity contribution in [3.63, 3.8) is 0 Å². The summed E-state index contributed by atoms with van der Waals surface area (Å²) in [6.45, 7) is 7.77. The Morgan fingerprint density at radius 1 is 1.32 bits per heavy atom. The van der Waals surface area contributed by atoms with Crippen LogP contribution in [0.4, 0.5) is 0 Å². The summed E-state index contributed by atoms with van der Waals surface area (Å²) < 4.78 is 5.84. The molecule has 1 heterocycles. The van der Waals surface area contributed by atoms with Crippen molar-refractivity contribution in [2.24, 2.45) is 11.3 Å². The van der Waals surface area contributed by atoms with Gasteiger partial charge in [0.25, 0.3) is 0 Å². The van der Waals surface area contributed by atoms with Gasteiger partial charge in [-0.05, 0) is 31.0 Å². The summed E-state index contributed by atoms with van der Waals surface area (Å²) in [5.74, 6) is 0.685. The predicted molar refractivity (Wildman–Crippen MR) is 78.4 cm³/mol. The van der Waals surface area contributed by atoms with Gasteiger partial charge in [-0.2, -0.15) is 0 Å². The molecule has 1 N–H and O–H groups in total. The Morgan fingerprint density at radius 2 is 2.00 bits per heavy atom. The average molecular weight is 280 g/mol. The molecule has 0 aromatic heterocycles. The van der Waals surface area contributed by atoms with Crippen LogP contribution in [0.5, 0.6) is 0 Å². The molecule has 0 radical (unpaired) electrons. The topological polar surface area (TPSA) is 21.3 Å². The van der Waals surface area contributed by atoms with Gasteiger partial charge < -0.3 is 10.1 Å². The molecule has 0 amide bonds. The van der Waals surface area contributed by atoms with E-state index < -0.39 is 0 Å². The second kappa shape index (κ2) is 4.76. The molecule has 1 aromatic rings. The van der Waals surface area contributed by atoms with Crippen LogP contribution in [-0.4, -0.2) is 18.8 Å². The Hall–Kier alpha value is -0.570. The maximum absolute atomic E-state index is 5.94. The SMILES string of the molecule is CC(NC1C2CCOC2C1(C)C)c1ccc(Cl)cc1. The molecule has 2 fully saturated rings. The van der Waals surface area contributed by atoms with Crippen LogP contribution >= 0.6 is 11.6 Å². The third-order valence-corrected chi connectivity index (χ3v) is 5.15. The summed E-state index contributed by atoms with van der Waals surface area (Å²) in [5, 5.41) is 4.59. The molecular weight excluding hydrogens is 258 g/mol. The van der Waals surface area contributed by atoms with Crippen LogP contribution in [0.3, 0.4) is 0 Å². The largest absolute Gasteiger partial charge is 0.377 e. The number of hydrogen-bond donors (Lipinski definition) is 1. The van der Waals surface area contributed by atoms with Gasteiger partial charge in [-0.15, -0.1) is 0 Å². The van der Waals surface area contributed by atoms with E-state index in [2.05, 4.69) is 38.2 Å². The zero-order chi connectivity index (χ0) is 13.6. The molecule has 3 heteroatoms. The molecular formula is C16H22ClNO. The van der Waals surface area contributed by atoms with Gasteiger partial charge in [0.2, 0.25) is 0 Å². The summed E-state index contributed by atoms with van der Waals surface area (Å²) in [7, 11) is 0. The van der Waals surface area contributed by atoms with Gasteiger partial charge >= 0.3 is 0 Å². The molecule has 1 saturated heterocycles. The third-order valence-electron chi connectivity index (χ3n) is 4.90. The van der Waals surface area contributed by atoms with E-state index in [-0.39, 0.29) is 5.41 Å². The first-order valence-electron chi connectivity index (χ1n) is 7.13. The molecule has 2 aliphatic rings. The van der Waals surface area contributed by atoms with Crippen molar-refractivity contribution in [3.8, 4) is 0 Å². The molecule has 0 bridgehead atoms. The summed E-state index contributed by atoms with van der Waals surface area (Å²) in [6, 6.07) is 9.03. The standard InChI is InChI=1S/C16H22ClNO/c1-10(11-4-6-12(17)7-5-11)18-14-13-8-9-19-15(13)16(14,2)3/h4-7,10,13-15,18H,8-9H2,1-3H3. The molecule has 19 heavy (non-hydrogen) atoms. The highest BCUT2D eigenvalue weighted by atomic mass is 35.5. The van der Waals surface area contributed by atoms with Gasteiger partial charge in [0.1, 0.15) is 0 Å². The summed E-state index contributed by atoms with van der Waals surface area (Å²) >= 11 is 5.94. The number of hydrogen-bond acceptors (Lipinski definition) is 2. The van der Waals surface area contributed by atoms with Crippen molar-refractivity contribution < 1.29 is 4.74 Å². The zero-order valence-corrected chi connectivity index (χ0v) is 12.6. The van der Waals surface area contributed by atoms with Crippen LogP contribution in [0.25, 0.3) is 0 Å². The lowest BCUT2D eigenvalue weighted by Gasteiger charge is -2.55. The van der Waals surface area contributed by atoms with Crippen LogP contribution in [0, 0.1) is 11.3 Å². The Balaban J connectivity index is 1.69. The summed E-state index contributed by atoms with van der Waals surface area (Å²) in [4.78, 5) is 0. The van der Waals surface area contributed by atoms with Crippen LogP contribution < -0.4 is 5.32 Å². The third kappa shape index (κ3) is 2.20. The first-order chi connectivity index (χ1) is 9.00. The summed E-state index contributed by atoms with van der Waals surface area (Å²) in [6.07, 6.45) is 1.64. The smallest absolute Gasteiger partial charge is 0.0685 e. The van der Waals surface area contributed by atoms with E-state index in [1.807, 2.05) is 12.1 Å². The predicted octanol–water partition coefficient (Wildman–Crippen LogP) is 3.80. The van der Waals surface area contributed by atoms with Crippen LogP contribution in [0.2, 0.25) is 5.02 Å². The van der Waals surface area contributed by atoms with E-state index >= 15 is 0 Å². The molecule has 1 aliphatic carbocycles. The Kier molecular flexibility index (Phi) is 3.36. The van der Waals surface area contributed by atoms with Gasteiger partial charge in [0.15, 0.2) is 0 Å². The fraction of sp³-hybridized carbons (Fsp3) is 0.625. The fourth-order valence-corrected chi connectivity index (χ4v) is 3.91. The highest BCUT2D eigenvalue weighted by molar-refractivity contribution is 6.30. The first-order valence-corrected chi connectivity index (χ1v) is 7.51. The van der Waals surface area contributed by atoms with Crippen molar-refractivity contribution in [2.75, 3.05) is 6.61 Å². The highest BCUT2D eigenvalue weighted by Crippen LogP contribution is 2.52. The second-order valence-electron chi connectivity index (χ2n) is 6.48. The second-order valence-corrected chi connectivity index (χ2v) is 6.92. The lowest BCUT2D eigenvalue weighted by Crippen LogP contribution is -2.66. The number of fused-ring (bicyclic) bond motifs is 1. The zero-order valence-electron chi connectivity index (χ0n) is 11.8. The minimum Gasteiger partial charge on any atom is -0.377 e. The van der Waals surface area contributed by atoms with E-state index in [4.69, 9.17) is 16.3 Å². The van der Waals surface area contributed by atoms with Crippen molar-refractivity contribution in [3.05, 3.63) is 34.9 Å². The van der Waals surface area contributed by atoms with Crippen molar-refractivity contribution >= 4 is 11.6 Å². The Morgan fingerprint density at radius 3 is 2.68 bits per heavy atom. The lowest BCUT2D eigenvalue weighted by atomic mass is 9.57. The van der Waals surface area contributed by atoms with Gasteiger partial charge in [-0.3, -0.25) is 0 Å². The number of benzene rings is 1. The lowest BCUT2D eigenvalue weighted by molar-refractivity contribution is -0.115. The van der Waals surface area contributed by atoms with Crippen LogP contribution in [-0.2, 0) is 4.74 Å². The molecule has 4 atom stereocenters. The van der Waals surface area contributed by atoms with Crippen LogP contribution in [0.15, 0.2) is 24.3 Å². The minimum absolute atomic E-state index is 0.238. The highest BCUT2D eigenvalue weighted by Gasteiger charge is 2.59. The quantitative estimate of drug-likeness (QED) is 0.909. The number of ether oxygens (including phenoxy) is 1. The van der Waals surface area contributed by atoms with Crippen LogP contribution in [0.1, 0.15) is 38.8 Å². The van der Waals surface area contributed by atoms with E-state index in [1.54, 1.807) is 0 Å². The average Bonchev–Trinajstić information content (AvgIpc) is 2.83. The molecule has 2 nitrogen and oxygen atoms in total. The number of rotatable bonds is 3. The Bertz CT molecular complexity index is 456. The van der Waals surface area contributed by atoms with Gasteiger partial charge in [-0.25, -0.2) is 0 Å². The van der Waals surface area contributed by atoms with Crippen molar-refractivity contribution in [2.45, 2.75) is 45.4 Å². The van der Waals surface area contributed by atoms with E-state index in [0.29, 0.717) is 24.1 Å². The van der Waals surface area contributed by atoms with Crippen molar-refractivity contribution in [1.82, 2.24) is 5.32 Å². The fourth-order valence-electron chi connectivity index (χ4n) is 3.78. The number of nitrogens with one attached hydrogen (secondary N) is 1. The summed E-state index contributed by atoms with van der Waals surface area (Å²) in [5.41, 5.74) is 1.53. The molecule has 1 aromatic carbocycles. The van der Waals surface area contributed by atoms with Gasteiger partial charge in [0.05, 0.1) is 6.10 Å². The van der Waals surface area contributed by atoms with Crippen molar-refractivity contribution in [1.29, 1.82) is 0 Å². The Labute approximate surface area is 120 Å². The molecule has 4 unspecified atom stereocenters. The maximum atomic E-state index is 5.94. The molecule has 3 rings (SSSR count). The van der Waals surface area contributed by atoms with Gasteiger partial charge in [-0.1, -0.05) is 37.6 Å². The minimum atomic E-state index is 0.238. The first kappa shape index (κ1) is 13.4. The monoisotopic (exact) mass is 279 g/mol. The van der Waals surface area contributed by atoms with E-state index in [0.717, 1.165) is 11.6 Å². The molecule has 1 aliphatic heterocycles. The van der Waals surface area contributed by atoms with E-state index in [1.165, 1.54) is 12.0 Å². The molecule has 104 valence electrons. The normalized spacial score (nSPS) is 33.6. The molecule has 1 saturated carbocycles.